The van der Waals surface area contributed by atoms with Crippen LogP contribution in [0.3, 0.4) is 0 Å². The number of hydrogen-bond acceptors (Lipinski definition) is 3. The Morgan fingerprint density at radius 2 is 2.07 bits per heavy atom. The van der Waals surface area contributed by atoms with E-state index in [9.17, 15) is 0 Å². The molecule has 0 aromatic heterocycles. The molecule has 0 aromatic rings. The van der Waals surface area contributed by atoms with Crippen molar-refractivity contribution in [3.8, 4) is 0 Å². The van der Waals surface area contributed by atoms with Crippen LogP contribution < -0.4 is 5.32 Å². The molecule has 2 unspecified atom stereocenters. The summed E-state index contributed by atoms with van der Waals surface area (Å²) >= 11 is 2.08. The zero-order chi connectivity index (χ0) is 10.5. The first-order chi connectivity index (χ1) is 7.40. The Bertz CT molecular complexity index is 178. The first-order valence-electron chi connectivity index (χ1n) is 6.37. The van der Waals surface area contributed by atoms with Crippen molar-refractivity contribution in [2.24, 2.45) is 0 Å². The van der Waals surface area contributed by atoms with E-state index in [4.69, 9.17) is 0 Å². The van der Waals surface area contributed by atoms with Crippen molar-refractivity contribution < 1.29 is 0 Å². The average molecular weight is 228 g/mol. The van der Waals surface area contributed by atoms with Gasteiger partial charge in [-0.05, 0) is 45.0 Å². The van der Waals surface area contributed by atoms with Crippen molar-refractivity contribution in [3.05, 3.63) is 0 Å². The van der Waals surface area contributed by atoms with E-state index < -0.39 is 0 Å². The highest BCUT2D eigenvalue weighted by Gasteiger charge is 2.26. The Morgan fingerprint density at radius 3 is 2.93 bits per heavy atom. The molecule has 88 valence electrons. The van der Waals surface area contributed by atoms with Crippen LogP contribution in [0.4, 0.5) is 0 Å². The Hall–Kier alpha value is 0.270. The van der Waals surface area contributed by atoms with Crippen LogP contribution in [0.1, 0.15) is 32.1 Å². The second kappa shape index (κ2) is 6.12. The van der Waals surface area contributed by atoms with Gasteiger partial charge >= 0.3 is 0 Å². The van der Waals surface area contributed by atoms with E-state index >= 15 is 0 Å². The number of thioether (sulfide) groups is 1. The summed E-state index contributed by atoms with van der Waals surface area (Å²) in [6, 6.07) is 0.885. The number of nitrogens with zero attached hydrogens (tertiary/aromatic N) is 1. The first-order valence-corrected chi connectivity index (χ1v) is 7.66. The normalized spacial score (nSPS) is 35.0. The van der Waals surface area contributed by atoms with Gasteiger partial charge in [0.1, 0.15) is 0 Å². The molecule has 2 nitrogen and oxygen atoms in total. The minimum atomic E-state index is 0.885. The van der Waals surface area contributed by atoms with E-state index in [1.165, 1.54) is 58.3 Å². The monoisotopic (exact) mass is 228 g/mol. The van der Waals surface area contributed by atoms with Gasteiger partial charge in [-0.15, -0.1) is 0 Å². The van der Waals surface area contributed by atoms with Crippen molar-refractivity contribution in [3.63, 3.8) is 0 Å². The molecular weight excluding hydrogens is 204 g/mol. The molecule has 2 aliphatic rings. The highest BCUT2D eigenvalue weighted by molar-refractivity contribution is 7.99. The summed E-state index contributed by atoms with van der Waals surface area (Å²) in [7, 11) is 0. The molecule has 15 heavy (non-hydrogen) atoms. The smallest absolute Gasteiger partial charge is 0.0110 e. The number of rotatable bonds is 2. The van der Waals surface area contributed by atoms with Gasteiger partial charge < -0.3 is 5.32 Å². The van der Waals surface area contributed by atoms with Crippen LogP contribution in [0.5, 0.6) is 0 Å². The molecule has 1 aliphatic carbocycles. The topological polar surface area (TPSA) is 15.3 Å². The molecule has 2 fully saturated rings. The summed E-state index contributed by atoms with van der Waals surface area (Å²) in [5, 5.41) is 4.43. The standard InChI is InChI=1S/C12H24N2S/c1-15-12-5-2-4-11(10-12)14-8-3-6-13-7-9-14/h11-13H,2-10H2,1H3. The first kappa shape index (κ1) is 11.7. The van der Waals surface area contributed by atoms with Gasteiger partial charge in [0.15, 0.2) is 0 Å². The van der Waals surface area contributed by atoms with Crippen LogP contribution in [0.2, 0.25) is 0 Å². The molecule has 0 aromatic carbocycles. The Labute approximate surface area is 98.2 Å². The highest BCUT2D eigenvalue weighted by Crippen LogP contribution is 2.29. The minimum absolute atomic E-state index is 0.885. The average Bonchev–Trinajstić information content (AvgIpc) is 2.58. The molecule has 1 N–H and O–H groups in total. The summed E-state index contributed by atoms with van der Waals surface area (Å²) in [5.74, 6) is 0. The quantitative estimate of drug-likeness (QED) is 0.778. The van der Waals surface area contributed by atoms with Gasteiger partial charge in [0.05, 0.1) is 0 Å². The van der Waals surface area contributed by atoms with Gasteiger partial charge in [0.25, 0.3) is 0 Å². The lowest BCUT2D eigenvalue weighted by Gasteiger charge is -2.36. The van der Waals surface area contributed by atoms with Crippen LogP contribution in [0.25, 0.3) is 0 Å². The molecule has 0 amide bonds. The molecule has 2 atom stereocenters. The molecule has 1 heterocycles. The van der Waals surface area contributed by atoms with Gasteiger partial charge in [-0.1, -0.05) is 6.42 Å². The maximum absolute atomic E-state index is 3.49. The second-order valence-corrected chi connectivity index (χ2v) is 5.96. The van der Waals surface area contributed by atoms with E-state index in [1.54, 1.807) is 0 Å². The SMILES string of the molecule is CSC1CCCC(N2CCCNCC2)C1. The molecule has 0 spiro atoms. The molecule has 0 radical (unpaired) electrons. The fraction of sp³-hybridized carbons (Fsp3) is 1.00. The molecule has 1 aliphatic heterocycles. The lowest BCUT2D eigenvalue weighted by Crippen LogP contribution is -2.41. The molecule has 3 heteroatoms. The molecular formula is C12H24N2S. The predicted molar refractivity (Wildman–Crippen MR) is 68.6 cm³/mol. The Morgan fingerprint density at radius 1 is 1.13 bits per heavy atom. The molecule has 1 saturated heterocycles. The van der Waals surface area contributed by atoms with Gasteiger partial charge in [0.2, 0.25) is 0 Å². The van der Waals surface area contributed by atoms with Crippen molar-refractivity contribution >= 4 is 11.8 Å². The van der Waals surface area contributed by atoms with Crippen LogP contribution in [0, 0.1) is 0 Å². The summed E-state index contributed by atoms with van der Waals surface area (Å²) in [6.07, 6.45) is 9.37. The van der Waals surface area contributed by atoms with Crippen LogP contribution in [-0.2, 0) is 0 Å². The van der Waals surface area contributed by atoms with E-state index in [0.717, 1.165) is 11.3 Å². The number of nitrogens with one attached hydrogen (secondary N) is 1. The minimum Gasteiger partial charge on any atom is -0.315 e. The summed E-state index contributed by atoms with van der Waals surface area (Å²) < 4.78 is 0. The second-order valence-electron chi connectivity index (χ2n) is 4.82. The zero-order valence-corrected chi connectivity index (χ0v) is 10.7. The third-order valence-electron chi connectivity index (χ3n) is 3.82. The van der Waals surface area contributed by atoms with Crippen molar-refractivity contribution in [2.75, 3.05) is 32.4 Å². The molecule has 0 bridgehead atoms. The highest BCUT2D eigenvalue weighted by atomic mass is 32.2. The molecule has 2 rings (SSSR count). The summed E-state index contributed by atoms with van der Waals surface area (Å²) in [4.78, 5) is 2.74. The van der Waals surface area contributed by atoms with Gasteiger partial charge in [-0.2, -0.15) is 11.8 Å². The van der Waals surface area contributed by atoms with E-state index in [0.29, 0.717) is 0 Å². The van der Waals surface area contributed by atoms with Crippen molar-refractivity contribution in [2.45, 2.75) is 43.4 Å². The van der Waals surface area contributed by atoms with E-state index in [2.05, 4.69) is 28.2 Å². The lowest BCUT2D eigenvalue weighted by atomic mass is 9.93. The summed E-state index contributed by atoms with van der Waals surface area (Å²) in [6.45, 7) is 5.00. The summed E-state index contributed by atoms with van der Waals surface area (Å²) in [5.41, 5.74) is 0. The maximum Gasteiger partial charge on any atom is 0.0110 e. The molecule has 1 saturated carbocycles. The van der Waals surface area contributed by atoms with E-state index in [-0.39, 0.29) is 0 Å². The number of hydrogen-bond donors (Lipinski definition) is 1. The van der Waals surface area contributed by atoms with Gasteiger partial charge in [-0.25, -0.2) is 0 Å². The largest absolute Gasteiger partial charge is 0.315 e. The van der Waals surface area contributed by atoms with Crippen LogP contribution >= 0.6 is 11.8 Å². The maximum atomic E-state index is 3.49. The third-order valence-corrected chi connectivity index (χ3v) is 4.92. The van der Waals surface area contributed by atoms with Crippen molar-refractivity contribution in [1.29, 1.82) is 0 Å². The van der Waals surface area contributed by atoms with Gasteiger partial charge in [0, 0.05) is 24.4 Å². The Balaban J connectivity index is 1.84. The van der Waals surface area contributed by atoms with Gasteiger partial charge in [-0.3, -0.25) is 4.90 Å². The third kappa shape index (κ3) is 3.36. The predicted octanol–water partition coefficient (Wildman–Crippen LogP) is 1.96. The fourth-order valence-corrected chi connectivity index (χ4v) is 3.71. The zero-order valence-electron chi connectivity index (χ0n) is 9.87. The lowest BCUT2D eigenvalue weighted by molar-refractivity contribution is 0.168. The van der Waals surface area contributed by atoms with Crippen LogP contribution in [-0.4, -0.2) is 48.6 Å². The fourth-order valence-electron chi connectivity index (χ4n) is 2.90. The van der Waals surface area contributed by atoms with E-state index in [1.807, 2.05) is 0 Å². The van der Waals surface area contributed by atoms with Crippen molar-refractivity contribution in [1.82, 2.24) is 10.2 Å². The Kier molecular flexibility index (Phi) is 4.79. The van der Waals surface area contributed by atoms with Crippen LogP contribution in [0.15, 0.2) is 0 Å².